The van der Waals surface area contributed by atoms with Crippen LogP contribution in [0.25, 0.3) is 40.3 Å². The van der Waals surface area contributed by atoms with Gasteiger partial charge in [0, 0.05) is 75.2 Å². The Hall–Kier alpha value is -6.34. The van der Waals surface area contributed by atoms with Crippen LogP contribution in [-0.4, -0.2) is 12.3 Å². The van der Waals surface area contributed by atoms with Gasteiger partial charge in [0.05, 0.1) is 21.6 Å². The molecule has 5 aliphatic rings. The number of hydrogen-bond donors (Lipinski definition) is 0. The summed E-state index contributed by atoms with van der Waals surface area (Å²) >= 11 is 3.94. The molecule has 2 unspecified atom stereocenters. The van der Waals surface area contributed by atoms with E-state index in [9.17, 15) is 0 Å². The van der Waals surface area contributed by atoms with Gasteiger partial charge in [0.1, 0.15) is 0 Å². The van der Waals surface area contributed by atoms with E-state index in [1.807, 2.05) is 22.7 Å². The first-order valence-corrected chi connectivity index (χ1v) is 34.4. The number of aryl methyl sites for hydroxylation is 1. The molecule has 0 N–H and O–H groups in total. The van der Waals surface area contributed by atoms with Gasteiger partial charge in [-0.3, -0.25) is 0 Å². The van der Waals surface area contributed by atoms with Gasteiger partial charge in [0.2, 0.25) is 0 Å². The molecular weight excluding hydrogens is 1090 g/mol. The molecule has 2 aliphatic carbocycles. The standard InChI is InChI=1S/C81H90BN3S2/c1-47-39-56-57(79(16,17)38-37-78(56,14)15)46-63(47)84-66-44-51(77(11,12)13)43-65-71(66)82(60-31-29-53-54-40-48(74(2,3)4)26-33-67(54)87-73(53)72(60)84)59-30-28-52(85-61-32-25-50(76(8,9)10)42-58(61)80(18)35-20-21-36-81(80,85)19)45-64(59)83(65)62-23-22-24-69-70(62)55-41-49(75(5,6)7)27-34-68(55)86-69/h22-34,39-46H,20-21,35-38H2,1-19H3. The molecule has 5 heterocycles. The van der Waals surface area contributed by atoms with E-state index in [2.05, 4.69) is 274 Å². The molecule has 15 rings (SSSR count). The van der Waals surface area contributed by atoms with Crippen molar-refractivity contribution in [3.8, 4) is 0 Å². The number of fused-ring (bicyclic) bond motifs is 15. The van der Waals surface area contributed by atoms with E-state index in [4.69, 9.17) is 0 Å². The summed E-state index contributed by atoms with van der Waals surface area (Å²) in [6.07, 6.45) is 7.16. The Labute approximate surface area is 528 Å². The van der Waals surface area contributed by atoms with Crippen molar-refractivity contribution >= 4 is 132 Å². The van der Waals surface area contributed by atoms with Crippen LogP contribution in [-0.2, 0) is 37.9 Å². The Morgan fingerprint density at radius 1 is 0.425 bits per heavy atom. The zero-order valence-electron chi connectivity index (χ0n) is 55.6. The maximum Gasteiger partial charge on any atom is 0.252 e. The fourth-order valence-electron chi connectivity index (χ4n) is 16.9. The third-order valence-electron chi connectivity index (χ3n) is 22.6. The Kier molecular flexibility index (Phi) is 12.1. The van der Waals surface area contributed by atoms with Crippen molar-refractivity contribution in [3.63, 3.8) is 0 Å². The van der Waals surface area contributed by atoms with Crippen LogP contribution in [0.5, 0.6) is 0 Å². The van der Waals surface area contributed by atoms with Crippen LogP contribution in [0.3, 0.4) is 0 Å². The minimum Gasteiger partial charge on any atom is -0.334 e. The number of rotatable bonds is 3. The number of nitrogens with zero attached hydrogens (tertiary/aromatic N) is 3. The predicted molar refractivity (Wildman–Crippen MR) is 384 cm³/mol. The first-order valence-electron chi connectivity index (χ1n) is 32.8. The maximum absolute atomic E-state index is 2.83. The quantitative estimate of drug-likeness (QED) is 0.163. The SMILES string of the molecule is Cc1cc2c(cc1N1c3cc(C(C)(C)C)cc4c3B(c3ccc(N5c6ccc(C(C)(C)C)cc6C6(C)CCCCC56C)cc3N4c3cccc4sc5ccc(C(C)(C)C)cc5c34)c3ccc4c(sc5ccc(C(C)(C)C)cc54)c31)C(C)(C)CCC2(C)C. The topological polar surface area (TPSA) is 9.72 Å². The second-order valence-corrected chi connectivity index (χ2v) is 35.4. The fraction of sp³-hybridized carbons (Fsp3) is 0.407. The number of thiophene rings is 2. The van der Waals surface area contributed by atoms with E-state index in [-0.39, 0.29) is 50.2 Å². The highest BCUT2D eigenvalue weighted by atomic mass is 32.1. The lowest BCUT2D eigenvalue weighted by atomic mass is 9.33. The van der Waals surface area contributed by atoms with Crippen molar-refractivity contribution in [1.82, 2.24) is 0 Å². The number of benzene rings is 8. The van der Waals surface area contributed by atoms with Crippen LogP contribution in [0, 0.1) is 6.92 Å². The molecule has 0 radical (unpaired) electrons. The number of hydrogen-bond acceptors (Lipinski definition) is 5. The zero-order chi connectivity index (χ0) is 61.4. The van der Waals surface area contributed by atoms with Crippen LogP contribution in [0.1, 0.15) is 208 Å². The van der Waals surface area contributed by atoms with E-state index < -0.39 is 0 Å². The smallest absolute Gasteiger partial charge is 0.252 e. The second-order valence-electron chi connectivity index (χ2n) is 33.3. The van der Waals surface area contributed by atoms with Gasteiger partial charge >= 0.3 is 0 Å². The normalized spacial score (nSPS) is 20.5. The van der Waals surface area contributed by atoms with Crippen molar-refractivity contribution in [2.45, 2.75) is 214 Å². The molecule has 0 bridgehead atoms. The Balaban J connectivity index is 1.08. The highest BCUT2D eigenvalue weighted by molar-refractivity contribution is 7.27. The molecule has 10 aromatic rings. The number of anilines is 8. The highest BCUT2D eigenvalue weighted by Crippen LogP contribution is 2.63. The van der Waals surface area contributed by atoms with Crippen molar-refractivity contribution in [2.75, 3.05) is 14.7 Å². The average Bonchev–Trinajstić information content (AvgIpc) is 1.63. The molecule has 444 valence electrons. The van der Waals surface area contributed by atoms with Gasteiger partial charge < -0.3 is 14.7 Å². The third-order valence-corrected chi connectivity index (χ3v) is 24.9. The predicted octanol–water partition coefficient (Wildman–Crippen LogP) is 22.1. The van der Waals surface area contributed by atoms with E-state index in [1.165, 1.54) is 172 Å². The summed E-state index contributed by atoms with van der Waals surface area (Å²) < 4.78 is 5.38. The second kappa shape index (κ2) is 18.4. The largest absolute Gasteiger partial charge is 0.334 e. The average molecular weight is 1180 g/mol. The molecule has 87 heavy (non-hydrogen) atoms. The van der Waals surface area contributed by atoms with E-state index in [0.717, 1.165) is 12.8 Å². The van der Waals surface area contributed by atoms with E-state index >= 15 is 0 Å². The van der Waals surface area contributed by atoms with Gasteiger partial charge in [0.15, 0.2) is 0 Å². The highest BCUT2D eigenvalue weighted by Gasteiger charge is 2.58. The first kappa shape index (κ1) is 57.1. The molecule has 1 saturated carbocycles. The fourth-order valence-corrected chi connectivity index (χ4v) is 19.2. The summed E-state index contributed by atoms with van der Waals surface area (Å²) in [5.41, 5.74) is 25.8. The molecule has 3 nitrogen and oxygen atoms in total. The van der Waals surface area contributed by atoms with Gasteiger partial charge in [-0.2, -0.15) is 0 Å². The van der Waals surface area contributed by atoms with Crippen molar-refractivity contribution in [3.05, 3.63) is 172 Å². The van der Waals surface area contributed by atoms with Crippen molar-refractivity contribution in [1.29, 1.82) is 0 Å². The Morgan fingerprint density at radius 3 is 1.68 bits per heavy atom. The summed E-state index contributed by atoms with van der Waals surface area (Å²) in [4.78, 5) is 8.42. The summed E-state index contributed by atoms with van der Waals surface area (Å²) in [6.45, 7) is 46.1. The van der Waals surface area contributed by atoms with Crippen LogP contribution in [0.15, 0.2) is 127 Å². The van der Waals surface area contributed by atoms with Crippen LogP contribution < -0.4 is 31.1 Å². The molecule has 6 heteroatoms. The van der Waals surface area contributed by atoms with Crippen LogP contribution in [0.4, 0.5) is 45.5 Å². The Morgan fingerprint density at radius 2 is 1.01 bits per heavy atom. The molecule has 2 atom stereocenters. The summed E-state index contributed by atoms with van der Waals surface area (Å²) in [5.74, 6) is 0. The lowest BCUT2D eigenvalue weighted by molar-refractivity contribution is 0.195. The third kappa shape index (κ3) is 8.23. The summed E-state index contributed by atoms with van der Waals surface area (Å²) in [7, 11) is 0. The van der Waals surface area contributed by atoms with Crippen molar-refractivity contribution in [2.24, 2.45) is 0 Å². The monoisotopic (exact) mass is 1180 g/mol. The van der Waals surface area contributed by atoms with Gasteiger partial charge in [0.25, 0.3) is 6.71 Å². The van der Waals surface area contributed by atoms with Crippen LogP contribution in [0.2, 0.25) is 0 Å². The molecule has 1 fully saturated rings. The molecule has 0 saturated heterocycles. The van der Waals surface area contributed by atoms with Crippen molar-refractivity contribution < 1.29 is 0 Å². The van der Waals surface area contributed by atoms with E-state index in [0.29, 0.717) is 0 Å². The lowest BCUT2D eigenvalue weighted by Crippen LogP contribution is -2.61. The van der Waals surface area contributed by atoms with E-state index in [1.54, 1.807) is 0 Å². The van der Waals surface area contributed by atoms with Gasteiger partial charge in [-0.15, -0.1) is 22.7 Å². The van der Waals surface area contributed by atoms with Gasteiger partial charge in [-0.05, 0) is 206 Å². The minimum absolute atomic E-state index is 0.00785. The molecule has 0 spiro atoms. The van der Waals surface area contributed by atoms with Gasteiger partial charge in [-0.25, -0.2) is 0 Å². The van der Waals surface area contributed by atoms with Gasteiger partial charge in [-0.1, -0.05) is 185 Å². The first-order chi connectivity index (χ1) is 40.8. The zero-order valence-corrected chi connectivity index (χ0v) is 57.2. The minimum atomic E-state index is -0.182. The molecule has 3 aliphatic heterocycles. The summed E-state index contributed by atoms with van der Waals surface area (Å²) in [6, 6.07) is 52.8. The molecule has 0 amide bonds. The molecular formula is C81H90BN3S2. The Bertz CT molecular complexity index is 4590. The molecule has 8 aromatic carbocycles. The lowest BCUT2D eigenvalue weighted by Gasteiger charge is -2.51. The van der Waals surface area contributed by atoms with Crippen LogP contribution >= 0.6 is 22.7 Å². The summed E-state index contributed by atoms with van der Waals surface area (Å²) in [5, 5.41) is 5.39. The molecule has 2 aromatic heterocycles. The maximum atomic E-state index is 2.83.